The average Bonchev–Trinajstić information content (AvgIpc) is 2.70. The van der Waals surface area contributed by atoms with E-state index in [-0.39, 0.29) is 39.8 Å². The number of anilines is 1. The van der Waals surface area contributed by atoms with Crippen molar-refractivity contribution >= 4 is 22.4 Å². The molecule has 4 N–H and O–H groups in total. The Labute approximate surface area is 172 Å². The van der Waals surface area contributed by atoms with E-state index in [1.807, 2.05) is 0 Å². The van der Waals surface area contributed by atoms with Crippen LogP contribution in [0.2, 0.25) is 0 Å². The van der Waals surface area contributed by atoms with Gasteiger partial charge in [-0.15, -0.1) is 4.40 Å². The summed E-state index contributed by atoms with van der Waals surface area (Å²) in [5.74, 6) is -2.06. The first kappa shape index (κ1) is 20.1. The van der Waals surface area contributed by atoms with Gasteiger partial charge in [-0.25, -0.2) is 8.78 Å². The number of fused-ring (bicyclic) bond motifs is 1. The van der Waals surface area contributed by atoms with Crippen molar-refractivity contribution in [2.24, 2.45) is 11.4 Å². The van der Waals surface area contributed by atoms with Crippen LogP contribution in [0.5, 0.6) is 0 Å². The summed E-state index contributed by atoms with van der Waals surface area (Å²) in [4.78, 5) is 12.2. The molecule has 0 spiro atoms. The first-order valence-corrected chi connectivity index (χ1v) is 10.4. The van der Waals surface area contributed by atoms with Crippen LogP contribution >= 0.6 is 10.8 Å². The van der Waals surface area contributed by atoms with Gasteiger partial charge < -0.3 is 15.2 Å². The summed E-state index contributed by atoms with van der Waals surface area (Å²) in [6, 6.07) is 11.6. The number of aromatic nitrogens is 1. The normalized spacial score (nSPS) is 15.6. The zero-order valence-electron chi connectivity index (χ0n) is 15.8. The maximum atomic E-state index is 14.4. The Hall–Kier alpha value is -3.21. The molecule has 2 heterocycles. The molecule has 0 aliphatic carbocycles. The van der Waals surface area contributed by atoms with Crippen molar-refractivity contribution in [1.29, 1.82) is 0 Å². The van der Waals surface area contributed by atoms with Crippen LogP contribution in [0, 0.1) is 11.6 Å². The van der Waals surface area contributed by atoms with Gasteiger partial charge in [0, 0.05) is 36.5 Å². The summed E-state index contributed by atoms with van der Waals surface area (Å²) in [6.07, 6.45) is 1.62. The number of hydrogen-bond acceptors (Lipinski definition) is 6. The number of para-hydroxylation sites is 1. The van der Waals surface area contributed by atoms with Crippen LogP contribution in [0.3, 0.4) is 0 Å². The number of nitrogens with zero attached hydrogens (tertiary/aromatic N) is 2. The highest BCUT2D eigenvalue weighted by Gasteiger charge is 2.29. The number of rotatable bonds is 3. The second-order valence-electron chi connectivity index (χ2n) is 6.67. The molecule has 2 aromatic carbocycles. The van der Waals surface area contributed by atoms with Crippen LogP contribution in [0.4, 0.5) is 14.5 Å². The Morgan fingerprint density at radius 3 is 2.63 bits per heavy atom. The van der Waals surface area contributed by atoms with Gasteiger partial charge in [0.15, 0.2) is 11.6 Å². The molecule has 1 aliphatic heterocycles. The average molecular weight is 432 g/mol. The van der Waals surface area contributed by atoms with Gasteiger partial charge in [-0.05, 0) is 18.2 Å². The lowest BCUT2D eigenvalue weighted by atomic mass is 10.0. The van der Waals surface area contributed by atoms with Crippen LogP contribution < -0.4 is 16.2 Å². The first-order valence-electron chi connectivity index (χ1n) is 8.89. The number of hydrogen-bond donors (Lipinski definition) is 4. The minimum atomic E-state index is -3.60. The van der Waals surface area contributed by atoms with E-state index in [1.54, 1.807) is 25.4 Å². The van der Waals surface area contributed by atoms with E-state index in [4.69, 9.17) is 0 Å². The number of nitrogens with one attached hydrogen (secondary N) is 2. The molecule has 1 aliphatic rings. The van der Waals surface area contributed by atoms with Gasteiger partial charge in [0.1, 0.15) is 4.90 Å². The Balaban J connectivity index is 1.71. The van der Waals surface area contributed by atoms with Crippen molar-refractivity contribution in [2.45, 2.75) is 11.4 Å². The predicted octanol–water partition coefficient (Wildman–Crippen LogP) is 3.93. The molecule has 30 heavy (non-hydrogen) atoms. The zero-order valence-corrected chi connectivity index (χ0v) is 16.6. The quantitative estimate of drug-likeness (QED) is 0.503. The third-order valence-electron chi connectivity index (χ3n) is 4.67. The number of benzene rings is 2. The van der Waals surface area contributed by atoms with E-state index >= 15 is 0 Å². The Morgan fingerprint density at radius 2 is 1.83 bits per heavy atom. The molecule has 0 atom stereocenters. The lowest BCUT2D eigenvalue weighted by Crippen LogP contribution is -2.35. The van der Waals surface area contributed by atoms with Gasteiger partial charge in [-0.2, -0.15) is 0 Å². The van der Waals surface area contributed by atoms with Gasteiger partial charge in [0.05, 0.1) is 5.69 Å². The number of guanidine groups is 1. The van der Waals surface area contributed by atoms with Crippen molar-refractivity contribution in [1.82, 2.24) is 9.88 Å². The fourth-order valence-corrected chi connectivity index (χ4v) is 4.35. The molecule has 1 aromatic heterocycles. The molecule has 7 nitrogen and oxygen atoms in total. The topological polar surface area (TPSA) is 98.9 Å². The molecule has 0 saturated carbocycles. The van der Waals surface area contributed by atoms with E-state index in [9.17, 15) is 22.7 Å². The van der Waals surface area contributed by atoms with Crippen molar-refractivity contribution < 1.29 is 17.9 Å². The molecule has 0 fully saturated rings. The summed E-state index contributed by atoms with van der Waals surface area (Å²) in [5, 5.41) is 5.78. The van der Waals surface area contributed by atoms with Crippen LogP contribution in [-0.2, 0) is 13.6 Å². The zero-order chi connectivity index (χ0) is 21.5. The van der Waals surface area contributed by atoms with Crippen LogP contribution in [0.25, 0.3) is 11.1 Å². The Bertz CT molecular complexity index is 1230. The number of halogens is 2. The first-order chi connectivity index (χ1) is 14.3. The number of pyridine rings is 1. The highest BCUT2D eigenvalue weighted by Crippen LogP contribution is 2.56. The van der Waals surface area contributed by atoms with Gasteiger partial charge in [0.25, 0.3) is 5.56 Å². The summed E-state index contributed by atoms with van der Waals surface area (Å²) in [6.45, 7) is 0.0701. The van der Waals surface area contributed by atoms with E-state index in [0.717, 1.165) is 6.07 Å². The lowest BCUT2D eigenvalue weighted by molar-refractivity contribution is 0.488. The highest BCUT2D eigenvalue weighted by molar-refractivity contribution is 8.23. The van der Waals surface area contributed by atoms with Gasteiger partial charge in [-0.1, -0.05) is 41.1 Å². The van der Waals surface area contributed by atoms with Crippen LogP contribution in [0.1, 0.15) is 5.56 Å². The molecule has 0 radical (unpaired) electrons. The largest absolute Gasteiger partial charge is 0.350 e. The molecular weight excluding hydrogens is 414 g/mol. The Morgan fingerprint density at radius 1 is 1.10 bits per heavy atom. The molecule has 0 amide bonds. The van der Waals surface area contributed by atoms with Gasteiger partial charge in [-0.3, -0.25) is 13.9 Å². The minimum absolute atomic E-state index is 0.00216. The van der Waals surface area contributed by atoms with Crippen molar-refractivity contribution in [3.05, 3.63) is 82.3 Å². The monoisotopic (exact) mass is 432 g/mol. The summed E-state index contributed by atoms with van der Waals surface area (Å²) in [7, 11) is -1.98. The lowest BCUT2D eigenvalue weighted by Gasteiger charge is -2.35. The standard InChI is InChI=1S/C20H18F2N4O3S/c1-26-10-4-5-12(19(26)27)11-23-20-24-18-14(13-6-2-8-15(21)17(13)22)7-3-9-16(18)30(28,29)25-20/h2-10,28-29H,11H2,1H3,(H2,23,24,25). The van der Waals surface area contributed by atoms with Crippen LogP contribution in [-0.4, -0.2) is 19.6 Å². The third kappa shape index (κ3) is 3.56. The van der Waals surface area contributed by atoms with Gasteiger partial charge >= 0.3 is 0 Å². The Kier molecular flexibility index (Phi) is 5.06. The summed E-state index contributed by atoms with van der Waals surface area (Å²) >= 11 is 0. The SMILES string of the molecule is Cn1cccc(CNC2=NS(O)(O)c3cccc(-c4cccc(F)c4F)c3N2)c1=O. The molecule has 0 bridgehead atoms. The number of aryl methyl sites for hydroxylation is 1. The minimum Gasteiger partial charge on any atom is -0.350 e. The highest BCUT2D eigenvalue weighted by atomic mass is 32.3. The molecular formula is C20H18F2N4O3S. The molecule has 0 saturated heterocycles. The molecule has 156 valence electrons. The second-order valence-corrected chi connectivity index (χ2v) is 8.33. The van der Waals surface area contributed by atoms with E-state index in [0.29, 0.717) is 5.56 Å². The predicted molar refractivity (Wildman–Crippen MR) is 112 cm³/mol. The van der Waals surface area contributed by atoms with Crippen LogP contribution in [0.15, 0.2) is 68.8 Å². The van der Waals surface area contributed by atoms with E-state index in [1.165, 1.54) is 34.9 Å². The fraction of sp³-hybridized carbons (Fsp3) is 0.100. The van der Waals surface area contributed by atoms with Crippen molar-refractivity contribution in [2.75, 3.05) is 5.32 Å². The van der Waals surface area contributed by atoms with Crippen molar-refractivity contribution in [3.63, 3.8) is 0 Å². The van der Waals surface area contributed by atoms with Gasteiger partial charge in [0.2, 0.25) is 5.96 Å². The summed E-state index contributed by atoms with van der Waals surface area (Å²) < 4.78 is 54.5. The van der Waals surface area contributed by atoms with E-state index in [2.05, 4.69) is 15.0 Å². The van der Waals surface area contributed by atoms with Crippen molar-refractivity contribution in [3.8, 4) is 11.1 Å². The summed E-state index contributed by atoms with van der Waals surface area (Å²) in [5.41, 5.74) is 0.634. The molecule has 3 aromatic rings. The fourth-order valence-electron chi connectivity index (χ4n) is 3.19. The third-order valence-corrected chi connectivity index (χ3v) is 6.04. The molecule has 10 heteroatoms. The molecule has 4 rings (SSSR count). The second kappa shape index (κ2) is 7.56. The smallest absolute Gasteiger partial charge is 0.255 e. The van der Waals surface area contributed by atoms with E-state index < -0.39 is 22.4 Å². The maximum absolute atomic E-state index is 14.4. The molecule has 0 unspecified atom stereocenters. The maximum Gasteiger partial charge on any atom is 0.255 e.